The van der Waals surface area contributed by atoms with Gasteiger partial charge in [-0.3, -0.25) is 0 Å². The minimum Gasteiger partial charge on any atom is -0.244 e. The average Bonchev–Trinajstić information content (AvgIpc) is 2.31. The maximum atomic E-state index is 8.92. The SMILES string of the molecule is N#Cc1ncccc1SC1CCCCC1. The van der Waals surface area contributed by atoms with Crippen molar-refractivity contribution in [2.24, 2.45) is 0 Å². The third kappa shape index (κ3) is 2.73. The monoisotopic (exact) mass is 218 g/mol. The van der Waals surface area contributed by atoms with Crippen molar-refractivity contribution >= 4 is 11.8 Å². The predicted molar refractivity (Wildman–Crippen MR) is 61.7 cm³/mol. The molecule has 0 aliphatic heterocycles. The van der Waals surface area contributed by atoms with Crippen molar-refractivity contribution < 1.29 is 0 Å². The zero-order chi connectivity index (χ0) is 10.5. The van der Waals surface area contributed by atoms with E-state index in [4.69, 9.17) is 5.26 Å². The Kier molecular flexibility index (Phi) is 3.63. The Bertz CT molecular complexity index is 364. The molecule has 0 saturated heterocycles. The summed E-state index contributed by atoms with van der Waals surface area (Å²) in [6, 6.07) is 6.07. The maximum absolute atomic E-state index is 8.92. The summed E-state index contributed by atoms with van der Waals surface area (Å²) in [5.41, 5.74) is 0.577. The van der Waals surface area contributed by atoms with Gasteiger partial charge in [-0.15, -0.1) is 11.8 Å². The quantitative estimate of drug-likeness (QED) is 0.763. The fourth-order valence-corrected chi connectivity index (χ4v) is 3.23. The first-order valence-electron chi connectivity index (χ1n) is 5.42. The molecule has 15 heavy (non-hydrogen) atoms. The van der Waals surface area contributed by atoms with Gasteiger partial charge < -0.3 is 0 Å². The number of pyridine rings is 1. The molecule has 0 aromatic carbocycles. The van der Waals surface area contributed by atoms with Crippen LogP contribution >= 0.6 is 11.8 Å². The number of nitrogens with zero attached hydrogens (tertiary/aromatic N) is 2. The smallest absolute Gasteiger partial charge is 0.153 e. The zero-order valence-corrected chi connectivity index (χ0v) is 9.46. The minimum absolute atomic E-state index is 0.577. The highest BCUT2D eigenvalue weighted by atomic mass is 32.2. The molecule has 2 rings (SSSR count). The Balaban J connectivity index is 2.06. The van der Waals surface area contributed by atoms with Gasteiger partial charge in [0.2, 0.25) is 0 Å². The van der Waals surface area contributed by atoms with Crippen LogP contribution in [0.4, 0.5) is 0 Å². The molecular formula is C12H14N2S. The van der Waals surface area contributed by atoms with E-state index in [-0.39, 0.29) is 0 Å². The summed E-state index contributed by atoms with van der Waals surface area (Å²) < 4.78 is 0. The van der Waals surface area contributed by atoms with Gasteiger partial charge in [0.1, 0.15) is 6.07 Å². The van der Waals surface area contributed by atoms with Gasteiger partial charge in [-0.1, -0.05) is 19.3 Å². The largest absolute Gasteiger partial charge is 0.244 e. The van der Waals surface area contributed by atoms with E-state index in [0.29, 0.717) is 10.9 Å². The molecule has 3 heteroatoms. The summed E-state index contributed by atoms with van der Waals surface area (Å²) in [5.74, 6) is 0. The van der Waals surface area contributed by atoms with Crippen LogP contribution < -0.4 is 0 Å². The fourth-order valence-electron chi connectivity index (χ4n) is 1.93. The second-order valence-electron chi connectivity index (χ2n) is 3.84. The Hall–Kier alpha value is -1.01. The Morgan fingerprint density at radius 3 is 2.87 bits per heavy atom. The maximum Gasteiger partial charge on any atom is 0.153 e. The molecule has 0 bridgehead atoms. The molecule has 1 aliphatic carbocycles. The van der Waals surface area contributed by atoms with E-state index in [1.807, 2.05) is 23.9 Å². The molecule has 0 spiro atoms. The standard InChI is InChI=1S/C12H14N2S/c13-9-11-12(7-4-8-14-11)15-10-5-2-1-3-6-10/h4,7-8,10H,1-3,5-6H2. The Morgan fingerprint density at radius 1 is 1.33 bits per heavy atom. The number of thioether (sulfide) groups is 1. The molecule has 1 saturated carbocycles. The highest BCUT2D eigenvalue weighted by Gasteiger charge is 2.16. The van der Waals surface area contributed by atoms with E-state index >= 15 is 0 Å². The first kappa shape index (κ1) is 10.5. The second-order valence-corrected chi connectivity index (χ2v) is 5.18. The lowest BCUT2D eigenvalue weighted by atomic mass is 10.0. The molecular weight excluding hydrogens is 204 g/mol. The van der Waals surface area contributed by atoms with Crippen LogP contribution in [0.5, 0.6) is 0 Å². The predicted octanol–water partition coefficient (Wildman–Crippen LogP) is 3.38. The molecule has 1 aromatic rings. The van der Waals surface area contributed by atoms with Gasteiger partial charge in [0, 0.05) is 16.3 Å². The van der Waals surface area contributed by atoms with Gasteiger partial charge in [-0.2, -0.15) is 5.26 Å². The van der Waals surface area contributed by atoms with Gasteiger partial charge in [-0.05, 0) is 25.0 Å². The summed E-state index contributed by atoms with van der Waals surface area (Å²) in [4.78, 5) is 5.13. The Morgan fingerprint density at radius 2 is 2.13 bits per heavy atom. The molecule has 0 radical (unpaired) electrons. The molecule has 0 amide bonds. The average molecular weight is 218 g/mol. The molecule has 0 atom stereocenters. The van der Waals surface area contributed by atoms with Gasteiger partial charge in [0.15, 0.2) is 5.69 Å². The van der Waals surface area contributed by atoms with E-state index in [1.165, 1.54) is 32.1 Å². The molecule has 78 valence electrons. The number of hydrogen-bond acceptors (Lipinski definition) is 3. The summed E-state index contributed by atoms with van der Waals surface area (Å²) >= 11 is 1.83. The van der Waals surface area contributed by atoms with Crippen LogP contribution in [0.3, 0.4) is 0 Å². The topological polar surface area (TPSA) is 36.7 Å². The van der Waals surface area contributed by atoms with Crippen LogP contribution in [0.2, 0.25) is 0 Å². The van der Waals surface area contributed by atoms with Crippen molar-refractivity contribution in [1.82, 2.24) is 4.98 Å². The van der Waals surface area contributed by atoms with E-state index in [0.717, 1.165) is 4.90 Å². The van der Waals surface area contributed by atoms with Gasteiger partial charge in [0.25, 0.3) is 0 Å². The molecule has 2 nitrogen and oxygen atoms in total. The third-order valence-corrected chi connectivity index (χ3v) is 4.11. The number of hydrogen-bond donors (Lipinski definition) is 0. The van der Waals surface area contributed by atoms with E-state index in [1.54, 1.807) is 6.20 Å². The van der Waals surface area contributed by atoms with Crippen LogP contribution in [0.1, 0.15) is 37.8 Å². The molecule has 0 unspecified atom stereocenters. The van der Waals surface area contributed by atoms with Crippen LogP contribution in [-0.2, 0) is 0 Å². The van der Waals surface area contributed by atoms with E-state index in [2.05, 4.69) is 11.1 Å². The fraction of sp³-hybridized carbons (Fsp3) is 0.500. The molecule has 1 aromatic heterocycles. The van der Waals surface area contributed by atoms with Crippen molar-refractivity contribution in [3.63, 3.8) is 0 Å². The summed E-state index contributed by atoms with van der Waals surface area (Å²) in [6.07, 6.45) is 8.28. The first-order chi connectivity index (χ1) is 7.40. The number of rotatable bonds is 2. The summed E-state index contributed by atoms with van der Waals surface area (Å²) in [7, 11) is 0. The normalized spacial score (nSPS) is 17.3. The lowest BCUT2D eigenvalue weighted by Gasteiger charge is -2.20. The second kappa shape index (κ2) is 5.18. The first-order valence-corrected chi connectivity index (χ1v) is 6.30. The van der Waals surface area contributed by atoms with Crippen LogP contribution in [0, 0.1) is 11.3 Å². The lowest BCUT2D eigenvalue weighted by Crippen LogP contribution is -2.08. The zero-order valence-electron chi connectivity index (χ0n) is 8.65. The molecule has 1 aliphatic rings. The van der Waals surface area contributed by atoms with Crippen LogP contribution in [0.15, 0.2) is 23.2 Å². The van der Waals surface area contributed by atoms with Crippen molar-refractivity contribution in [1.29, 1.82) is 5.26 Å². The van der Waals surface area contributed by atoms with E-state index in [9.17, 15) is 0 Å². The minimum atomic E-state index is 0.577. The number of nitriles is 1. The molecule has 0 N–H and O–H groups in total. The lowest BCUT2D eigenvalue weighted by molar-refractivity contribution is 0.516. The van der Waals surface area contributed by atoms with E-state index < -0.39 is 0 Å². The van der Waals surface area contributed by atoms with Gasteiger partial charge in [0.05, 0.1) is 0 Å². The van der Waals surface area contributed by atoms with Gasteiger partial charge in [-0.25, -0.2) is 4.98 Å². The number of aromatic nitrogens is 1. The van der Waals surface area contributed by atoms with Crippen molar-refractivity contribution in [2.45, 2.75) is 42.2 Å². The molecule has 1 fully saturated rings. The molecule has 1 heterocycles. The summed E-state index contributed by atoms with van der Waals surface area (Å²) in [5, 5.41) is 9.61. The van der Waals surface area contributed by atoms with Crippen molar-refractivity contribution in [2.75, 3.05) is 0 Å². The van der Waals surface area contributed by atoms with Crippen molar-refractivity contribution in [3.05, 3.63) is 24.0 Å². The van der Waals surface area contributed by atoms with Crippen LogP contribution in [0.25, 0.3) is 0 Å². The van der Waals surface area contributed by atoms with Crippen LogP contribution in [-0.4, -0.2) is 10.2 Å². The summed E-state index contributed by atoms with van der Waals surface area (Å²) in [6.45, 7) is 0. The van der Waals surface area contributed by atoms with Crippen molar-refractivity contribution in [3.8, 4) is 6.07 Å². The Labute approximate surface area is 94.7 Å². The highest BCUT2D eigenvalue weighted by Crippen LogP contribution is 2.34. The third-order valence-electron chi connectivity index (χ3n) is 2.72. The highest BCUT2D eigenvalue weighted by molar-refractivity contribution is 8.00. The van der Waals surface area contributed by atoms with Gasteiger partial charge >= 0.3 is 0 Å².